The van der Waals surface area contributed by atoms with Gasteiger partial charge in [0.2, 0.25) is 0 Å². The first-order valence-electron chi connectivity index (χ1n) is 8.70. The molecule has 2 rings (SSSR count). The number of anilines is 1. The van der Waals surface area contributed by atoms with Gasteiger partial charge in [0, 0.05) is 0 Å². The predicted octanol–water partition coefficient (Wildman–Crippen LogP) is 4.82. The van der Waals surface area contributed by atoms with E-state index in [9.17, 15) is 14.9 Å². The van der Waals surface area contributed by atoms with Crippen LogP contribution in [0.4, 0.5) is 5.69 Å². The van der Waals surface area contributed by atoms with Crippen molar-refractivity contribution in [2.45, 2.75) is 6.42 Å². The zero-order valence-corrected chi connectivity index (χ0v) is 17.6. The molecule has 0 heterocycles. The highest BCUT2D eigenvalue weighted by Gasteiger charge is 2.14. The molecule has 2 aromatic carbocycles. The molecule has 0 aliphatic carbocycles. The van der Waals surface area contributed by atoms with E-state index >= 15 is 0 Å². The molecule has 154 valence electrons. The Balaban J connectivity index is 2.27. The van der Waals surface area contributed by atoms with Crippen LogP contribution in [-0.2, 0) is 20.7 Å². The number of nitriles is 1. The molecule has 0 saturated carbocycles. The van der Waals surface area contributed by atoms with Gasteiger partial charge in [0.05, 0.1) is 22.8 Å². The Hall–Kier alpha value is -3.27. The van der Waals surface area contributed by atoms with Gasteiger partial charge in [-0.1, -0.05) is 41.4 Å². The van der Waals surface area contributed by atoms with Gasteiger partial charge in [-0.25, -0.2) is 4.79 Å². The average molecular weight is 445 g/mol. The summed E-state index contributed by atoms with van der Waals surface area (Å²) in [5.74, 6) is -0.657. The number of esters is 1. The van der Waals surface area contributed by atoms with Crippen LogP contribution in [0.2, 0.25) is 10.0 Å². The highest BCUT2D eigenvalue weighted by atomic mass is 35.5. The molecular weight excluding hydrogens is 427 g/mol. The summed E-state index contributed by atoms with van der Waals surface area (Å²) in [6.45, 7) is 3.47. The molecule has 1 N–H and O–H groups in total. The zero-order valence-electron chi connectivity index (χ0n) is 16.1. The van der Waals surface area contributed by atoms with Crippen LogP contribution in [-0.4, -0.2) is 25.6 Å². The highest BCUT2D eigenvalue weighted by molar-refractivity contribution is 6.44. The zero-order chi connectivity index (χ0) is 22.1. The van der Waals surface area contributed by atoms with Crippen molar-refractivity contribution in [2.75, 3.05) is 19.0 Å². The summed E-state index contributed by atoms with van der Waals surface area (Å²) in [5.41, 5.74) is 1.51. The third-order valence-corrected chi connectivity index (χ3v) is 4.72. The van der Waals surface area contributed by atoms with Crippen LogP contribution in [0.15, 0.2) is 54.6 Å². The molecule has 30 heavy (non-hydrogen) atoms. The van der Waals surface area contributed by atoms with Gasteiger partial charge < -0.3 is 14.8 Å². The van der Waals surface area contributed by atoms with E-state index in [0.717, 1.165) is 5.56 Å². The number of hydrogen-bond acceptors (Lipinski definition) is 5. The van der Waals surface area contributed by atoms with Gasteiger partial charge in [-0.15, -0.1) is 6.58 Å². The Morgan fingerprint density at radius 1 is 1.27 bits per heavy atom. The number of ether oxygens (including phenoxy) is 2. The third kappa shape index (κ3) is 6.11. The van der Waals surface area contributed by atoms with Crippen LogP contribution in [0.25, 0.3) is 6.08 Å². The molecule has 8 heteroatoms. The van der Waals surface area contributed by atoms with E-state index in [1.165, 1.54) is 13.2 Å². The second kappa shape index (κ2) is 11.1. The van der Waals surface area contributed by atoms with Crippen molar-refractivity contribution in [3.8, 4) is 11.8 Å². The maximum absolute atomic E-state index is 12.5. The largest absolute Gasteiger partial charge is 0.482 e. The summed E-state index contributed by atoms with van der Waals surface area (Å²) in [4.78, 5) is 23.8. The Labute approximate surface area is 184 Å². The molecule has 0 atom stereocenters. The van der Waals surface area contributed by atoms with Crippen LogP contribution in [0, 0.1) is 11.3 Å². The lowest BCUT2D eigenvalue weighted by Gasteiger charge is -2.11. The molecular formula is C22H18Cl2N2O4. The lowest BCUT2D eigenvalue weighted by Crippen LogP contribution is -2.14. The number of allylic oxidation sites excluding steroid dienone is 1. The van der Waals surface area contributed by atoms with Gasteiger partial charge in [0.1, 0.15) is 17.4 Å². The number of nitrogens with zero attached hydrogens (tertiary/aromatic N) is 1. The van der Waals surface area contributed by atoms with E-state index in [0.29, 0.717) is 23.4 Å². The Morgan fingerprint density at radius 2 is 2.03 bits per heavy atom. The smallest absolute Gasteiger partial charge is 0.343 e. The normalized spacial score (nSPS) is 10.7. The molecule has 0 fully saturated rings. The van der Waals surface area contributed by atoms with Crippen molar-refractivity contribution >= 4 is 46.8 Å². The summed E-state index contributed by atoms with van der Waals surface area (Å²) < 4.78 is 10.0. The van der Waals surface area contributed by atoms with Crippen molar-refractivity contribution in [2.24, 2.45) is 0 Å². The Bertz CT molecular complexity index is 1040. The van der Waals surface area contributed by atoms with Gasteiger partial charge in [0.25, 0.3) is 5.91 Å². The first kappa shape index (κ1) is 23.0. The summed E-state index contributed by atoms with van der Waals surface area (Å²) in [7, 11) is 1.27. The number of methoxy groups -OCH3 is 1. The molecule has 0 bridgehead atoms. The highest BCUT2D eigenvalue weighted by Crippen LogP contribution is 2.30. The number of rotatable bonds is 8. The molecule has 0 aromatic heterocycles. The van der Waals surface area contributed by atoms with E-state index in [1.807, 2.05) is 6.07 Å². The van der Waals surface area contributed by atoms with E-state index in [4.69, 9.17) is 27.9 Å². The Kier molecular flexibility index (Phi) is 8.48. The van der Waals surface area contributed by atoms with Gasteiger partial charge in [-0.3, -0.25) is 4.79 Å². The fourth-order valence-corrected chi connectivity index (χ4v) is 2.79. The fraction of sp³-hybridized carbons (Fsp3) is 0.136. The number of carbonyl (C=O) groups excluding carboxylic acids is 2. The molecule has 0 aliphatic heterocycles. The maximum Gasteiger partial charge on any atom is 0.343 e. The SMILES string of the molecule is C=CCc1cc(/C=C(/C#N)C(=O)Nc2cccc(Cl)c2Cl)ccc1OCC(=O)OC. The second-order valence-corrected chi connectivity index (χ2v) is 6.74. The topological polar surface area (TPSA) is 88.4 Å². The molecule has 0 aliphatic rings. The minimum Gasteiger partial charge on any atom is -0.482 e. The minimum absolute atomic E-state index is 0.126. The molecule has 0 radical (unpaired) electrons. The van der Waals surface area contributed by atoms with Crippen LogP contribution < -0.4 is 10.1 Å². The predicted molar refractivity (Wildman–Crippen MR) is 117 cm³/mol. The van der Waals surface area contributed by atoms with E-state index < -0.39 is 11.9 Å². The quantitative estimate of drug-likeness (QED) is 0.273. The number of carbonyl (C=O) groups is 2. The van der Waals surface area contributed by atoms with Crippen LogP contribution in [0.1, 0.15) is 11.1 Å². The molecule has 0 saturated heterocycles. The van der Waals surface area contributed by atoms with Gasteiger partial charge >= 0.3 is 5.97 Å². The summed E-state index contributed by atoms with van der Waals surface area (Å²) >= 11 is 12.0. The van der Waals surface area contributed by atoms with Crippen LogP contribution in [0.3, 0.4) is 0 Å². The first-order chi connectivity index (χ1) is 14.4. The molecule has 6 nitrogen and oxygen atoms in total. The second-order valence-electron chi connectivity index (χ2n) is 5.95. The average Bonchev–Trinajstić information content (AvgIpc) is 2.74. The van der Waals surface area contributed by atoms with E-state index in [2.05, 4.69) is 16.6 Å². The maximum atomic E-state index is 12.5. The summed E-state index contributed by atoms with van der Waals surface area (Å²) in [5, 5.41) is 12.5. The monoisotopic (exact) mass is 444 g/mol. The number of benzene rings is 2. The number of nitrogens with one attached hydrogen (secondary N) is 1. The Morgan fingerprint density at radius 3 is 2.70 bits per heavy atom. The van der Waals surface area contributed by atoms with Gasteiger partial charge in [-0.05, 0) is 47.9 Å². The molecule has 0 spiro atoms. The minimum atomic E-state index is -0.627. The molecule has 2 aromatic rings. The van der Waals surface area contributed by atoms with E-state index in [1.54, 1.807) is 42.5 Å². The number of amides is 1. The standard InChI is InChI=1S/C22H18Cl2N2O4/c1-3-5-15-10-14(8-9-19(15)30-13-20(27)29-2)11-16(12-25)22(28)26-18-7-4-6-17(23)21(18)24/h3-4,6-11H,1,5,13H2,2H3,(H,26,28)/b16-11-. The van der Waals surface area contributed by atoms with E-state index in [-0.39, 0.29) is 22.2 Å². The number of halogens is 2. The van der Waals surface area contributed by atoms with Crippen molar-refractivity contribution < 1.29 is 19.1 Å². The van der Waals surface area contributed by atoms with Crippen LogP contribution >= 0.6 is 23.2 Å². The van der Waals surface area contributed by atoms with Crippen molar-refractivity contribution in [1.29, 1.82) is 5.26 Å². The number of hydrogen-bond donors (Lipinski definition) is 1. The van der Waals surface area contributed by atoms with Crippen molar-refractivity contribution in [3.63, 3.8) is 0 Å². The summed E-state index contributed by atoms with van der Waals surface area (Å²) in [6.07, 6.45) is 3.57. The third-order valence-electron chi connectivity index (χ3n) is 3.90. The van der Waals surface area contributed by atoms with Crippen molar-refractivity contribution in [3.05, 3.63) is 75.8 Å². The van der Waals surface area contributed by atoms with Crippen LogP contribution in [0.5, 0.6) is 5.75 Å². The summed E-state index contributed by atoms with van der Waals surface area (Å²) in [6, 6.07) is 11.7. The first-order valence-corrected chi connectivity index (χ1v) is 9.45. The van der Waals surface area contributed by atoms with Gasteiger partial charge in [-0.2, -0.15) is 5.26 Å². The fourth-order valence-electron chi connectivity index (χ4n) is 2.45. The van der Waals surface area contributed by atoms with Gasteiger partial charge in [0.15, 0.2) is 6.61 Å². The molecule has 1 amide bonds. The molecule has 0 unspecified atom stereocenters. The lowest BCUT2D eigenvalue weighted by atomic mass is 10.0. The lowest BCUT2D eigenvalue weighted by molar-refractivity contribution is -0.142. The van der Waals surface area contributed by atoms with Crippen molar-refractivity contribution in [1.82, 2.24) is 0 Å².